The van der Waals surface area contributed by atoms with Gasteiger partial charge in [0.25, 0.3) is 5.65 Å². The van der Waals surface area contributed by atoms with Gasteiger partial charge in [-0.3, -0.25) is 0 Å². The average Bonchev–Trinajstić information content (AvgIpc) is 3.26. The molecule has 188 valence electrons. The Kier molecular flexibility index (Phi) is 4.38. The summed E-state index contributed by atoms with van der Waals surface area (Å²) in [4.78, 5) is 0. The van der Waals surface area contributed by atoms with Crippen LogP contribution in [0, 0.1) is 6.92 Å². The van der Waals surface area contributed by atoms with Gasteiger partial charge in [0, 0.05) is 20.7 Å². The number of nitrogens with zero attached hydrogens (tertiary/aromatic N) is 2. The topological polar surface area (TPSA) is 8.29 Å². The van der Waals surface area contributed by atoms with Gasteiger partial charge in [-0.25, -0.2) is 4.57 Å². The number of para-hydroxylation sites is 1. The molecule has 3 aromatic carbocycles. The lowest BCUT2D eigenvalue weighted by molar-refractivity contribution is -0.728. The fourth-order valence-corrected chi connectivity index (χ4v) is 9.56. The van der Waals surface area contributed by atoms with Crippen molar-refractivity contribution in [1.82, 2.24) is 4.40 Å². The number of aryl methyl sites for hydroxylation is 1. The van der Waals surface area contributed by atoms with Crippen LogP contribution in [0.3, 0.4) is 0 Å². The minimum atomic E-state index is -0.0270. The van der Waals surface area contributed by atoms with Gasteiger partial charge in [0.2, 0.25) is 0 Å². The van der Waals surface area contributed by atoms with E-state index in [0.717, 1.165) is 24.7 Å². The van der Waals surface area contributed by atoms with Crippen LogP contribution >= 0.6 is 15.9 Å². The lowest BCUT2D eigenvalue weighted by Crippen LogP contribution is -2.66. The molecular weight excluding hydrogens is 516 g/mol. The molecule has 2 atom stereocenters. The molecule has 2 nitrogen and oxygen atoms in total. The average molecular weight is 553 g/mol. The van der Waals surface area contributed by atoms with Crippen LogP contribution in [0.25, 0.3) is 38.4 Å². The van der Waals surface area contributed by atoms with E-state index in [2.05, 4.69) is 102 Å². The molecule has 2 bridgehead atoms. The Morgan fingerprint density at radius 3 is 2.30 bits per heavy atom. The maximum atomic E-state index is 4.02. The first-order chi connectivity index (χ1) is 17.8. The largest absolute Gasteiger partial charge is 0.296 e. The van der Waals surface area contributed by atoms with Crippen molar-refractivity contribution >= 4 is 54.3 Å². The van der Waals surface area contributed by atoms with Gasteiger partial charge in [-0.2, -0.15) is 4.40 Å². The fourth-order valence-electron chi connectivity index (χ4n) is 9.01. The number of halogens is 1. The van der Waals surface area contributed by atoms with Crippen LogP contribution < -0.4 is 4.57 Å². The maximum absolute atomic E-state index is 4.02. The fraction of sp³-hybridized carbons (Fsp3) is 0.441. The minimum absolute atomic E-state index is 0.0270. The summed E-state index contributed by atoms with van der Waals surface area (Å²) in [5.74, 6) is 1.48. The van der Waals surface area contributed by atoms with E-state index in [1.54, 1.807) is 11.1 Å². The van der Waals surface area contributed by atoms with Crippen LogP contribution in [0.1, 0.15) is 100 Å². The number of rotatable bonds is 2. The van der Waals surface area contributed by atoms with Gasteiger partial charge >= 0.3 is 0 Å². The van der Waals surface area contributed by atoms with Gasteiger partial charge in [0.1, 0.15) is 11.1 Å². The molecule has 37 heavy (non-hydrogen) atoms. The molecular formula is C34H36BrN2+. The summed E-state index contributed by atoms with van der Waals surface area (Å²) in [5, 5.41) is 4.18. The van der Waals surface area contributed by atoms with Crippen molar-refractivity contribution in [2.24, 2.45) is 0 Å². The van der Waals surface area contributed by atoms with Crippen molar-refractivity contribution in [3.8, 4) is 0 Å². The van der Waals surface area contributed by atoms with Crippen molar-refractivity contribution < 1.29 is 4.57 Å². The smallest absolute Gasteiger partial charge is 0.216 e. The van der Waals surface area contributed by atoms with Crippen molar-refractivity contribution in [3.63, 3.8) is 0 Å². The lowest BCUT2D eigenvalue weighted by atomic mass is 9.61. The maximum Gasteiger partial charge on any atom is 0.296 e. The molecule has 3 heterocycles. The second-order valence-electron chi connectivity index (χ2n) is 12.6. The molecule has 3 heteroatoms. The van der Waals surface area contributed by atoms with Gasteiger partial charge in [0.15, 0.2) is 11.0 Å². The molecule has 0 amide bonds. The summed E-state index contributed by atoms with van der Waals surface area (Å²) >= 11 is 4.02. The highest BCUT2D eigenvalue weighted by molar-refractivity contribution is 9.10. The molecule has 0 saturated heterocycles. The number of hydrogen-bond acceptors (Lipinski definition) is 0. The van der Waals surface area contributed by atoms with Crippen LogP contribution in [-0.4, -0.2) is 4.40 Å². The summed E-state index contributed by atoms with van der Waals surface area (Å²) in [6, 6.07) is 16.9. The number of pyridine rings is 1. The zero-order valence-corrected chi connectivity index (χ0v) is 24.3. The summed E-state index contributed by atoms with van der Waals surface area (Å²) < 4.78 is 6.68. The van der Waals surface area contributed by atoms with E-state index < -0.39 is 0 Å². The highest BCUT2D eigenvalue weighted by atomic mass is 79.9. The Morgan fingerprint density at radius 2 is 1.62 bits per heavy atom. The molecule has 1 aliphatic heterocycles. The van der Waals surface area contributed by atoms with Crippen molar-refractivity contribution in [1.29, 1.82) is 0 Å². The highest BCUT2D eigenvalue weighted by Crippen LogP contribution is 2.54. The number of benzene rings is 3. The zero-order valence-electron chi connectivity index (χ0n) is 22.7. The molecule has 0 N–H and O–H groups in total. The number of fused-ring (bicyclic) bond motifs is 8. The number of hydrogen-bond donors (Lipinski definition) is 0. The standard InChI is InChI=1S/C34H36BrN2/c1-6-33(4)25-15-16-26(35)29-22-10-8-9-19(3)31(22)36-27-17-23-20-11-13-21(14-12-20)24(23)18-28(27)37(32(36)30(25)29)34(33,5)7-2/h8-10,15-18,20-21H,6-7,11-14H2,1-5H3/q+1. The molecule has 2 unspecified atom stereocenters. The summed E-state index contributed by atoms with van der Waals surface area (Å²) in [6.07, 6.45) is 7.69. The Labute approximate surface area is 227 Å². The quantitative estimate of drug-likeness (QED) is 0.152. The van der Waals surface area contributed by atoms with Crippen LogP contribution in [0.4, 0.5) is 0 Å². The number of aromatic nitrogens is 2. The zero-order chi connectivity index (χ0) is 25.4. The Bertz CT molecular complexity index is 1820. The van der Waals surface area contributed by atoms with Gasteiger partial charge in [-0.05, 0) is 105 Å². The second kappa shape index (κ2) is 7.17. The van der Waals surface area contributed by atoms with E-state index in [9.17, 15) is 0 Å². The highest BCUT2D eigenvalue weighted by Gasteiger charge is 2.55. The van der Waals surface area contributed by atoms with Crippen molar-refractivity contribution in [2.45, 2.75) is 95.9 Å². The first-order valence-electron chi connectivity index (χ1n) is 14.4. The third kappa shape index (κ3) is 2.43. The van der Waals surface area contributed by atoms with Gasteiger partial charge in [-0.15, -0.1) is 0 Å². The molecule has 1 saturated carbocycles. The normalized spacial score (nSPS) is 28.3. The van der Waals surface area contributed by atoms with Gasteiger partial charge < -0.3 is 0 Å². The molecule has 5 aromatic rings. The predicted octanol–water partition coefficient (Wildman–Crippen LogP) is 9.32. The van der Waals surface area contributed by atoms with E-state index in [1.807, 2.05) is 0 Å². The third-order valence-corrected chi connectivity index (χ3v) is 12.1. The van der Waals surface area contributed by atoms with Gasteiger partial charge in [0.05, 0.1) is 5.39 Å². The molecule has 1 fully saturated rings. The SMILES string of the molecule is CCC1(C)c2ccc(Br)c3c4cccc(C)c4n4c5cc6c(cc5[n+](c4c23)C1(C)CC)C1CCC6CC1. The summed E-state index contributed by atoms with van der Waals surface area (Å²) in [5.41, 5.74) is 11.8. The van der Waals surface area contributed by atoms with Crippen LogP contribution in [0.2, 0.25) is 0 Å². The number of imidazole rings is 1. The molecule has 4 aliphatic rings. The van der Waals surface area contributed by atoms with E-state index in [1.165, 1.54) is 79.6 Å². The monoisotopic (exact) mass is 551 g/mol. The summed E-state index contributed by atoms with van der Waals surface area (Å²) in [6.45, 7) is 12.2. The predicted molar refractivity (Wildman–Crippen MR) is 158 cm³/mol. The lowest BCUT2D eigenvalue weighted by Gasteiger charge is -2.47. The Hall–Kier alpha value is -2.39. The first kappa shape index (κ1) is 22.6. The van der Waals surface area contributed by atoms with Crippen LogP contribution in [-0.2, 0) is 11.0 Å². The summed E-state index contributed by atoms with van der Waals surface area (Å²) in [7, 11) is 0. The van der Waals surface area contributed by atoms with Crippen molar-refractivity contribution in [2.75, 3.05) is 0 Å². The molecule has 3 aliphatic carbocycles. The van der Waals surface area contributed by atoms with Crippen LogP contribution in [0.5, 0.6) is 0 Å². The van der Waals surface area contributed by atoms with Crippen LogP contribution in [0.15, 0.2) is 46.9 Å². The second-order valence-corrected chi connectivity index (χ2v) is 13.5. The Morgan fingerprint density at radius 1 is 0.919 bits per heavy atom. The van der Waals surface area contributed by atoms with Crippen molar-refractivity contribution in [3.05, 3.63) is 69.2 Å². The molecule has 9 rings (SSSR count). The third-order valence-electron chi connectivity index (χ3n) is 11.5. The minimum Gasteiger partial charge on any atom is -0.216 e. The van der Waals surface area contributed by atoms with E-state index >= 15 is 0 Å². The van der Waals surface area contributed by atoms with E-state index in [-0.39, 0.29) is 11.0 Å². The van der Waals surface area contributed by atoms with E-state index in [0.29, 0.717) is 0 Å². The molecule has 0 spiro atoms. The first-order valence-corrected chi connectivity index (χ1v) is 15.2. The Balaban J connectivity index is 1.74. The van der Waals surface area contributed by atoms with E-state index in [4.69, 9.17) is 0 Å². The molecule has 2 aromatic heterocycles. The van der Waals surface area contributed by atoms with Gasteiger partial charge in [-0.1, -0.05) is 61.0 Å². The molecule has 0 radical (unpaired) electrons.